The number of benzene rings is 2. The third kappa shape index (κ3) is 1.90. The van der Waals surface area contributed by atoms with Gasteiger partial charge in [0.05, 0.1) is 0 Å². The standard InChI is InChI=1S/C15H15B/c1-10-8-11(2)12(3)14(9-10)13-6-4-5-7-15(13)16/h4-9H,1-3H3. The third-order valence-electron chi connectivity index (χ3n) is 3.06. The minimum atomic E-state index is 0.843. The van der Waals surface area contributed by atoms with Gasteiger partial charge in [-0.3, -0.25) is 0 Å². The summed E-state index contributed by atoms with van der Waals surface area (Å²) in [5.74, 6) is 0. The highest BCUT2D eigenvalue weighted by Gasteiger charge is 2.06. The number of aryl methyl sites for hydroxylation is 2. The van der Waals surface area contributed by atoms with Crippen molar-refractivity contribution in [2.45, 2.75) is 20.8 Å². The molecule has 78 valence electrons. The average molecular weight is 206 g/mol. The second-order valence-corrected chi connectivity index (χ2v) is 4.34. The number of hydrogen-bond acceptors (Lipinski definition) is 0. The first-order valence-electron chi connectivity index (χ1n) is 5.52. The summed E-state index contributed by atoms with van der Waals surface area (Å²) in [4.78, 5) is 0. The molecular formula is C15H15B. The van der Waals surface area contributed by atoms with E-state index in [1.165, 1.54) is 22.3 Å². The molecule has 0 N–H and O–H groups in total. The molecule has 0 fully saturated rings. The van der Waals surface area contributed by atoms with Crippen LogP contribution in [0.3, 0.4) is 0 Å². The van der Waals surface area contributed by atoms with Crippen LogP contribution in [-0.2, 0) is 0 Å². The van der Waals surface area contributed by atoms with Gasteiger partial charge in [-0.2, -0.15) is 0 Å². The van der Waals surface area contributed by atoms with E-state index in [1.54, 1.807) is 0 Å². The van der Waals surface area contributed by atoms with E-state index in [4.69, 9.17) is 7.85 Å². The van der Waals surface area contributed by atoms with Crippen LogP contribution >= 0.6 is 0 Å². The maximum Gasteiger partial charge on any atom is 0.114 e. The van der Waals surface area contributed by atoms with Crippen molar-refractivity contribution in [2.75, 3.05) is 0 Å². The van der Waals surface area contributed by atoms with Crippen LogP contribution in [-0.4, -0.2) is 7.85 Å². The lowest BCUT2D eigenvalue weighted by Gasteiger charge is -2.13. The predicted molar refractivity (Wildman–Crippen MR) is 71.5 cm³/mol. The quantitative estimate of drug-likeness (QED) is 0.629. The van der Waals surface area contributed by atoms with Crippen LogP contribution in [0.1, 0.15) is 16.7 Å². The highest BCUT2D eigenvalue weighted by molar-refractivity contribution is 6.36. The molecule has 0 aliphatic rings. The zero-order chi connectivity index (χ0) is 11.7. The van der Waals surface area contributed by atoms with Crippen molar-refractivity contribution in [3.8, 4) is 11.1 Å². The van der Waals surface area contributed by atoms with Gasteiger partial charge in [-0.15, -0.1) is 0 Å². The molecule has 0 amide bonds. The zero-order valence-corrected chi connectivity index (χ0v) is 10.0. The molecule has 2 radical (unpaired) electrons. The highest BCUT2D eigenvalue weighted by Crippen LogP contribution is 2.25. The summed E-state index contributed by atoms with van der Waals surface area (Å²) in [5, 5.41) is 0. The molecular weight excluding hydrogens is 191 g/mol. The lowest BCUT2D eigenvalue weighted by Crippen LogP contribution is -2.06. The molecule has 0 saturated carbocycles. The van der Waals surface area contributed by atoms with Gasteiger partial charge in [-0.25, -0.2) is 0 Å². The van der Waals surface area contributed by atoms with Crippen molar-refractivity contribution < 1.29 is 0 Å². The summed E-state index contributed by atoms with van der Waals surface area (Å²) >= 11 is 0. The minimum Gasteiger partial charge on any atom is -0.0890 e. The Bertz CT molecular complexity index is 527. The molecule has 0 spiro atoms. The Morgan fingerprint density at radius 3 is 2.25 bits per heavy atom. The normalized spacial score (nSPS) is 10.4. The van der Waals surface area contributed by atoms with E-state index in [0.717, 1.165) is 11.0 Å². The van der Waals surface area contributed by atoms with Gasteiger partial charge in [0.2, 0.25) is 0 Å². The topological polar surface area (TPSA) is 0 Å². The summed E-state index contributed by atoms with van der Waals surface area (Å²) in [6.45, 7) is 6.41. The van der Waals surface area contributed by atoms with E-state index in [-0.39, 0.29) is 0 Å². The first-order chi connectivity index (χ1) is 7.59. The Hall–Kier alpha value is -1.50. The Labute approximate surface area is 98.7 Å². The smallest absolute Gasteiger partial charge is 0.0890 e. The van der Waals surface area contributed by atoms with Crippen LogP contribution in [0, 0.1) is 20.8 Å². The zero-order valence-electron chi connectivity index (χ0n) is 10.0. The maximum atomic E-state index is 6.02. The van der Waals surface area contributed by atoms with Crippen LogP contribution in [0.4, 0.5) is 0 Å². The van der Waals surface area contributed by atoms with Crippen molar-refractivity contribution in [2.24, 2.45) is 0 Å². The summed E-state index contributed by atoms with van der Waals surface area (Å²) in [5.41, 5.74) is 7.13. The van der Waals surface area contributed by atoms with Gasteiger partial charge in [-0.05, 0) is 43.0 Å². The Morgan fingerprint density at radius 2 is 1.56 bits per heavy atom. The molecule has 0 bridgehead atoms. The molecule has 0 heterocycles. The molecule has 0 saturated heterocycles. The fraction of sp³-hybridized carbons (Fsp3) is 0.200. The first kappa shape index (κ1) is 11.0. The van der Waals surface area contributed by atoms with Crippen molar-refractivity contribution in [1.82, 2.24) is 0 Å². The molecule has 2 rings (SSSR count). The number of rotatable bonds is 1. The molecule has 0 atom stereocenters. The van der Waals surface area contributed by atoms with Crippen molar-refractivity contribution in [3.05, 3.63) is 53.1 Å². The molecule has 2 aromatic rings. The van der Waals surface area contributed by atoms with Crippen molar-refractivity contribution in [3.63, 3.8) is 0 Å². The largest absolute Gasteiger partial charge is 0.114 e. The highest BCUT2D eigenvalue weighted by atomic mass is 14.1. The first-order valence-corrected chi connectivity index (χ1v) is 5.52. The van der Waals surface area contributed by atoms with Gasteiger partial charge < -0.3 is 0 Å². The molecule has 0 unspecified atom stereocenters. The van der Waals surface area contributed by atoms with Crippen LogP contribution < -0.4 is 5.46 Å². The summed E-state index contributed by atoms with van der Waals surface area (Å²) in [7, 11) is 6.02. The maximum absolute atomic E-state index is 6.02. The molecule has 0 aliphatic heterocycles. The monoisotopic (exact) mass is 206 g/mol. The van der Waals surface area contributed by atoms with Crippen LogP contribution in [0.25, 0.3) is 11.1 Å². The van der Waals surface area contributed by atoms with Crippen molar-refractivity contribution >= 4 is 13.3 Å². The van der Waals surface area contributed by atoms with E-state index in [9.17, 15) is 0 Å². The second kappa shape index (κ2) is 4.17. The number of hydrogen-bond donors (Lipinski definition) is 0. The molecule has 16 heavy (non-hydrogen) atoms. The average Bonchev–Trinajstić information content (AvgIpc) is 2.24. The third-order valence-corrected chi connectivity index (χ3v) is 3.06. The van der Waals surface area contributed by atoms with Gasteiger partial charge in [0.15, 0.2) is 0 Å². The minimum absolute atomic E-state index is 0.843. The molecule has 1 heteroatoms. The molecule has 2 aromatic carbocycles. The van der Waals surface area contributed by atoms with Gasteiger partial charge in [-0.1, -0.05) is 47.4 Å². The van der Waals surface area contributed by atoms with Crippen LogP contribution in [0.15, 0.2) is 36.4 Å². The van der Waals surface area contributed by atoms with E-state index in [2.05, 4.69) is 39.0 Å². The van der Waals surface area contributed by atoms with E-state index >= 15 is 0 Å². The fourth-order valence-corrected chi connectivity index (χ4v) is 2.06. The van der Waals surface area contributed by atoms with Gasteiger partial charge in [0, 0.05) is 0 Å². The van der Waals surface area contributed by atoms with Gasteiger partial charge in [0.25, 0.3) is 0 Å². The fourth-order valence-electron chi connectivity index (χ4n) is 2.06. The van der Waals surface area contributed by atoms with E-state index in [0.29, 0.717) is 0 Å². The summed E-state index contributed by atoms with van der Waals surface area (Å²) in [6, 6.07) is 12.4. The van der Waals surface area contributed by atoms with Gasteiger partial charge >= 0.3 is 0 Å². The summed E-state index contributed by atoms with van der Waals surface area (Å²) in [6.07, 6.45) is 0. The molecule has 0 nitrogen and oxygen atoms in total. The lowest BCUT2D eigenvalue weighted by atomic mass is 9.84. The lowest BCUT2D eigenvalue weighted by molar-refractivity contribution is 1.30. The van der Waals surface area contributed by atoms with E-state index < -0.39 is 0 Å². The van der Waals surface area contributed by atoms with E-state index in [1.807, 2.05) is 18.2 Å². The van der Waals surface area contributed by atoms with Crippen molar-refractivity contribution in [1.29, 1.82) is 0 Å². The van der Waals surface area contributed by atoms with Gasteiger partial charge in [0.1, 0.15) is 7.85 Å². The van der Waals surface area contributed by atoms with Crippen LogP contribution in [0.5, 0.6) is 0 Å². The van der Waals surface area contributed by atoms with Crippen LogP contribution in [0.2, 0.25) is 0 Å². The Kier molecular flexibility index (Phi) is 2.87. The predicted octanol–water partition coefficient (Wildman–Crippen LogP) is 3.07. The molecule has 0 aliphatic carbocycles. The molecule has 0 aromatic heterocycles. The summed E-state index contributed by atoms with van der Waals surface area (Å²) < 4.78 is 0. The Morgan fingerprint density at radius 1 is 0.875 bits per heavy atom. The second-order valence-electron chi connectivity index (χ2n) is 4.34. The Balaban J connectivity index is 2.69. The SMILES string of the molecule is [B]c1ccccc1-c1cc(C)cc(C)c1C.